The number of benzene rings is 2. The van der Waals surface area contributed by atoms with Crippen LogP contribution in [0.1, 0.15) is 21.5 Å². The van der Waals surface area contributed by atoms with Crippen molar-refractivity contribution in [1.29, 1.82) is 0 Å². The number of carbonyl (C=O) groups excluding carboxylic acids is 1. The molecule has 0 radical (unpaired) electrons. The Bertz CT molecular complexity index is 595. The van der Waals surface area contributed by atoms with Crippen molar-refractivity contribution in [3.05, 3.63) is 69.7 Å². The summed E-state index contributed by atoms with van der Waals surface area (Å²) in [4.78, 5) is 14.1. The molecule has 1 heterocycles. The Balaban J connectivity index is 1.84. The molecule has 2 aromatic rings. The van der Waals surface area contributed by atoms with Crippen molar-refractivity contribution in [3.8, 4) is 0 Å². The van der Waals surface area contributed by atoms with Crippen LogP contribution in [0.2, 0.25) is 0 Å². The summed E-state index contributed by atoms with van der Waals surface area (Å²) in [5.41, 5.74) is 3.09. The van der Waals surface area contributed by atoms with Crippen molar-refractivity contribution in [1.82, 2.24) is 4.90 Å². The quantitative estimate of drug-likeness (QED) is 0.830. The fourth-order valence-corrected chi connectivity index (χ4v) is 2.69. The van der Waals surface area contributed by atoms with Crippen molar-refractivity contribution in [3.63, 3.8) is 0 Å². The fraction of sp³-hybridized carbons (Fsp3) is 0.133. The largest absolute Gasteiger partial charge is 0.330 e. The molecule has 2 aromatic carbocycles. The first-order chi connectivity index (χ1) is 8.74. The van der Waals surface area contributed by atoms with E-state index in [2.05, 4.69) is 15.9 Å². The Morgan fingerprint density at radius 2 is 1.89 bits per heavy atom. The second-order valence-corrected chi connectivity index (χ2v) is 5.36. The van der Waals surface area contributed by atoms with Gasteiger partial charge in [-0.15, -0.1) is 0 Å². The normalized spacial score (nSPS) is 13.8. The molecule has 0 fully saturated rings. The summed E-state index contributed by atoms with van der Waals surface area (Å²) in [6.45, 7) is 1.37. The average Bonchev–Trinajstić information content (AvgIpc) is 2.67. The first-order valence-electron chi connectivity index (χ1n) is 5.85. The van der Waals surface area contributed by atoms with Gasteiger partial charge in [0.05, 0.1) is 0 Å². The molecule has 0 bridgehead atoms. The number of rotatable bonds is 2. The first kappa shape index (κ1) is 11.5. The Hall–Kier alpha value is -1.61. The Labute approximate surface area is 114 Å². The molecule has 0 spiro atoms. The summed E-state index contributed by atoms with van der Waals surface area (Å²) in [7, 11) is 0. The van der Waals surface area contributed by atoms with Gasteiger partial charge in [0.15, 0.2) is 0 Å². The van der Waals surface area contributed by atoms with E-state index in [0.29, 0.717) is 13.1 Å². The number of fused-ring (bicyclic) bond motifs is 1. The minimum atomic E-state index is 0.126. The smallest absolute Gasteiger partial charge is 0.254 e. The van der Waals surface area contributed by atoms with E-state index in [1.807, 2.05) is 53.4 Å². The van der Waals surface area contributed by atoms with E-state index in [4.69, 9.17) is 0 Å². The highest BCUT2D eigenvalue weighted by Crippen LogP contribution is 2.27. The van der Waals surface area contributed by atoms with Gasteiger partial charge in [-0.05, 0) is 29.3 Å². The lowest BCUT2D eigenvalue weighted by molar-refractivity contribution is 0.0766. The van der Waals surface area contributed by atoms with Crippen LogP contribution in [0.5, 0.6) is 0 Å². The van der Waals surface area contributed by atoms with Crippen molar-refractivity contribution in [2.75, 3.05) is 0 Å². The predicted octanol–water partition coefficient (Wildman–Crippen LogP) is 3.61. The molecule has 0 unspecified atom stereocenters. The second kappa shape index (κ2) is 4.58. The van der Waals surface area contributed by atoms with Crippen LogP contribution < -0.4 is 0 Å². The van der Waals surface area contributed by atoms with Gasteiger partial charge in [-0.3, -0.25) is 4.79 Å². The lowest BCUT2D eigenvalue weighted by Crippen LogP contribution is -2.23. The number of nitrogens with zero attached hydrogens (tertiary/aromatic N) is 1. The topological polar surface area (TPSA) is 20.3 Å². The SMILES string of the molecule is O=C1c2ccc(Br)cc2CN1Cc1ccccc1. The molecule has 0 aromatic heterocycles. The zero-order chi connectivity index (χ0) is 12.5. The van der Waals surface area contributed by atoms with Crippen LogP contribution in [-0.2, 0) is 13.1 Å². The van der Waals surface area contributed by atoms with Crippen molar-refractivity contribution >= 4 is 21.8 Å². The molecule has 1 amide bonds. The molecule has 3 heteroatoms. The Morgan fingerprint density at radius 1 is 1.11 bits per heavy atom. The van der Waals surface area contributed by atoms with Crippen molar-refractivity contribution < 1.29 is 4.79 Å². The molecule has 1 aliphatic rings. The summed E-state index contributed by atoms with van der Waals surface area (Å²) < 4.78 is 1.02. The lowest BCUT2D eigenvalue weighted by Gasteiger charge is -2.15. The standard InChI is InChI=1S/C15H12BrNO/c16-13-6-7-14-12(8-13)10-17(15(14)18)9-11-4-2-1-3-5-11/h1-8H,9-10H2. The fourth-order valence-electron chi connectivity index (χ4n) is 2.28. The van der Waals surface area contributed by atoms with Crippen LogP contribution in [0.25, 0.3) is 0 Å². The summed E-state index contributed by atoms with van der Waals surface area (Å²) in [5, 5.41) is 0. The lowest BCUT2D eigenvalue weighted by atomic mass is 10.1. The van der Waals surface area contributed by atoms with Crippen LogP contribution >= 0.6 is 15.9 Å². The Morgan fingerprint density at radius 3 is 2.67 bits per heavy atom. The summed E-state index contributed by atoms with van der Waals surface area (Å²) >= 11 is 3.44. The highest BCUT2D eigenvalue weighted by Gasteiger charge is 2.26. The van der Waals surface area contributed by atoms with Gasteiger partial charge < -0.3 is 4.90 Å². The van der Waals surface area contributed by atoms with E-state index in [9.17, 15) is 4.79 Å². The van der Waals surface area contributed by atoms with Gasteiger partial charge in [0.1, 0.15) is 0 Å². The summed E-state index contributed by atoms with van der Waals surface area (Å²) in [6.07, 6.45) is 0. The minimum Gasteiger partial charge on any atom is -0.330 e. The molecule has 1 aliphatic heterocycles. The first-order valence-corrected chi connectivity index (χ1v) is 6.65. The number of carbonyl (C=O) groups is 1. The average molecular weight is 302 g/mol. The third-order valence-electron chi connectivity index (χ3n) is 3.16. The summed E-state index contributed by atoms with van der Waals surface area (Å²) in [5.74, 6) is 0.126. The van der Waals surface area contributed by atoms with E-state index in [1.54, 1.807) is 0 Å². The van der Waals surface area contributed by atoms with Gasteiger partial charge in [0.2, 0.25) is 0 Å². The summed E-state index contributed by atoms with van der Waals surface area (Å²) in [6, 6.07) is 15.9. The molecule has 0 saturated heterocycles. The molecular formula is C15H12BrNO. The third kappa shape index (κ3) is 2.06. The number of hydrogen-bond acceptors (Lipinski definition) is 1. The monoisotopic (exact) mass is 301 g/mol. The molecular weight excluding hydrogens is 290 g/mol. The molecule has 0 saturated carbocycles. The maximum absolute atomic E-state index is 12.2. The Kier molecular flexibility index (Phi) is 2.92. The minimum absolute atomic E-state index is 0.126. The molecule has 0 aliphatic carbocycles. The third-order valence-corrected chi connectivity index (χ3v) is 3.66. The van der Waals surface area contributed by atoms with Crippen LogP contribution in [0.4, 0.5) is 0 Å². The number of halogens is 1. The molecule has 18 heavy (non-hydrogen) atoms. The maximum Gasteiger partial charge on any atom is 0.254 e. The van der Waals surface area contributed by atoms with Crippen LogP contribution in [0, 0.1) is 0 Å². The second-order valence-electron chi connectivity index (χ2n) is 4.45. The van der Waals surface area contributed by atoms with Gasteiger partial charge in [-0.1, -0.05) is 46.3 Å². The molecule has 0 N–H and O–H groups in total. The van der Waals surface area contributed by atoms with Gasteiger partial charge in [-0.25, -0.2) is 0 Å². The van der Waals surface area contributed by atoms with Crippen LogP contribution in [0.3, 0.4) is 0 Å². The zero-order valence-electron chi connectivity index (χ0n) is 9.77. The zero-order valence-corrected chi connectivity index (χ0v) is 11.4. The number of hydrogen-bond donors (Lipinski definition) is 0. The molecule has 2 nitrogen and oxygen atoms in total. The van der Waals surface area contributed by atoms with E-state index < -0.39 is 0 Å². The molecule has 3 rings (SSSR count). The predicted molar refractivity (Wildman–Crippen MR) is 74.2 cm³/mol. The van der Waals surface area contributed by atoms with Crippen LogP contribution in [0.15, 0.2) is 53.0 Å². The van der Waals surface area contributed by atoms with Gasteiger partial charge in [0, 0.05) is 23.1 Å². The van der Waals surface area contributed by atoms with E-state index >= 15 is 0 Å². The highest BCUT2D eigenvalue weighted by atomic mass is 79.9. The maximum atomic E-state index is 12.2. The molecule has 90 valence electrons. The van der Waals surface area contributed by atoms with E-state index in [0.717, 1.165) is 21.2 Å². The van der Waals surface area contributed by atoms with E-state index in [-0.39, 0.29) is 5.91 Å². The van der Waals surface area contributed by atoms with Crippen molar-refractivity contribution in [2.24, 2.45) is 0 Å². The van der Waals surface area contributed by atoms with Gasteiger partial charge in [0.25, 0.3) is 5.91 Å². The van der Waals surface area contributed by atoms with Gasteiger partial charge in [-0.2, -0.15) is 0 Å². The molecule has 0 atom stereocenters. The highest BCUT2D eigenvalue weighted by molar-refractivity contribution is 9.10. The van der Waals surface area contributed by atoms with Crippen LogP contribution in [-0.4, -0.2) is 10.8 Å². The van der Waals surface area contributed by atoms with E-state index in [1.165, 1.54) is 0 Å². The van der Waals surface area contributed by atoms with Crippen molar-refractivity contribution in [2.45, 2.75) is 13.1 Å². The number of amides is 1. The van der Waals surface area contributed by atoms with Gasteiger partial charge >= 0.3 is 0 Å².